The van der Waals surface area contributed by atoms with E-state index in [1.54, 1.807) is 0 Å². The minimum absolute atomic E-state index is 0.0871. The lowest BCUT2D eigenvalue weighted by Gasteiger charge is -2.37. The molecule has 0 radical (unpaired) electrons. The van der Waals surface area contributed by atoms with E-state index >= 15 is 0 Å². The van der Waals surface area contributed by atoms with Crippen molar-refractivity contribution >= 4 is 22.8 Å². The molecule has 2 N–H and O–H groups in total. The van der Waals surface area contributed by atoms with E-state index in [4.69, 9.17) is 5.11 Å². The number of nitrogens with zero attached hydrogens (tertiary/aromatic N) is 1. The number of likely N-dealkylation sites (tertiary alicyclic amines) is 1. The van der Waals surface area contributed by atoms with Crippen molar-refractivity contribution in [3.05, 3.63) is 0 Å². The Labute approximate surface area is 102 Å². The third kappa shape index (κ3) is 2.96. The zero-order chi connectivity index (χ0) is 12.4. The van der Waals surface area contributed by atoms with Crippen LogP contribution in [0, 0.1) is 5.92 Å². The van der Waals surface area contributed by atoms with Crippen LogP contribution in [0.25, 0.3) is 0 Å². The fourth-order valence-electron chi connectivity index (χ4n) is 2.00. The Hall–Kier alpha value is -1.11. The van der Waals surface area contributed by atoms with Gasteiger partial charge in [-0.1, -0.05) is 0 Å². The summed E-state index contributed by atoms with van der Waals surface area (Å²) >= 11 is 0. The van der Waals surface area contributed by atoms with Crippen molar-refractivity contribution in [2.45, 2.75) is 18.9 Å². The van der Waals surface area contributed by atoms with E-state index in [9.17, 15) is 13.8 Å². The Morgan fingerprint density at radius 2 is 1.82 bits per heavy atom. The molecule has 2 aliphatic heterocycles. The Bertz CT molecular complexity index is 344. The molecular formula is C10H16N2O4S. The summed E-state index contributed by atoms with van der Waals surface area (Å²) in [6, 6.07) is -0.107. The van der Waals surface area contributed by atoms with E-state index in [1.165, 1.54) is 4.90 Å². The summed E-state index contributed by atoms with van der Waals surface area (Å²) < 4.78 is 11.1. The molecule has 2 rings (SSSR count). The normalized spacial score (nSPS) is 29.5. The van der Waals surface area contributed by atoms with Crippen LogP contribution in [0.1, 0.15) is 12.8 Å². The second-order valence-corrected chi connectivity index (χ2v) is 6.21. The van der Waals surface area contributed by atoms with Gasteiger partial charge in [0, 0.05) is 41.4 Å². The molecule has 2 heterocycles. The Kier molecular flexibility index (Phi) is 3.66. The van der Waals surface area contributed by atoms with Gasteiger partial charge in [-0.05, 0) is 12.8 Å². The van der Waals surface area contributed by atoms with Gasteiger partial charge >= 0.3 is 12.0 Å². The standard InChI is InChI=1S/C10H16N2O4S/c13-9(14)7-5-12(6-7)10(15)11-8-1-3-17(16)4-2-8/h7-8H,1-6H2,(H,11,15)(H,13,14). The molecule has 0 spiro atoms. The second-order valence-electron chi connectivity index (χ2n) is 4.51. The highest BCUT2D eigenvalue weighted by atomic mass is 32.2. The van der Waals surface area contributed by atoms with Crippen molar-refractivity contribution in [1.82, 2.24) is 10.2 Å². The van der Waals surface area contributed by atoms with Gasteiger partial charge in [-0.15, -0.1) is 0 Å². The fraction of sp³-hybridized carbons (Fsp3) is 0.800. The minimum Gasteiger partial charge on any atom is -0.481 e. The molecule has 2 fully saturated rings. The van der Waals surface area contributed by atoms with Gasteiger partial charge in [0.1, 0.15) is 0 Å². The first kappa shape index (κ1) is 12.3. The summed E-state index contributed by atoms with van der Waals surface area (Å²) in [7, 11) is -0.729. The largest absolute Gasteiger partial charge is 0.481 e. The quantitative estimate of drug-likeness (QED) is 0.709. The molecule has 2 amide bonds. The van der Waals surface area contributed by atoms with Crippen LogP contribution >= 0.6 is 0 Å². The molecule has 0 unspecified atom stereocenters. The number of carbonyl (C=O) groups excluding carboxylic acids is 1. The molecule has 7 heteroatoms. The molecule has 0 atom stereocenters. The number of carbonyl (C=O) groups is 2. The lowest BCUT2D eigenvalue weighted by molar-refractivity contribution is -0.146. The van der Waals surface area contributed by atoms with Crippen molar-refractivity contribution in [3.8, 4) is 0 Å². The molecular weight excluding hydrogens is 244 g/mol. The number of aliphatic carboxylic acids is 1. The van der Waals surface area contributed by atoms with Gasteiger partial charge in [-0.25, -0.2) is 4.79 Å². The number of urea groups is 1. The molecule has 6 nitrogen and oxygen atoms in total. The fourth-order valence-corrected chi connectivity index (χ4v) is 3.30. The molecule has 0 bridgehead atoms. The molecule has 0 saturated carbocycles. The highest BCUT2D eigenvalue weighted by Crippen LogP contribution is 2.16. The molecule has 17 heavy (non-hydrogen) atoms. The average Bonchev–Trinajstić information content (AvgIpc) is 2.18. The van der Waals surface area contributed by atoms with Gasteiger partial charge in [0.2, 0.25) is 0 Å². The highest BCUT2D eigenvalue weighted by molar-refractivity contribution is 7.85. The predicted molar refractivity (Wildman–Crippen MR) is 62.1 cm³/mol. The van der Waals surface area contributed by atoms with E-state index in [0.29, 0.717) is 24.6 Å². The number of carboxylic acid groups (broad SMARTS) is 1. The SMILES string of the molecule is O=C(O)C1CN(C(=O)NC2CCS(=O)CC2)C1. The molecule has 0 aliphatic carbocycles. The van der Waals surface area contributed by atoms with Crippen molar-refractivity contribution < 1.29 is 18.9 Å². The van der Waals surface area contributed by atoms with E-state index in [2.05, 4.69) is 5.32 Å². The number of nitrogens with one attached hydrogen (secondary N) is 1. The Morgan fingerprint density at radius 3 is 2.35 bits per heavy atom. The lowest BCUT2D eigenvalue weighted by Crippen LogP contribution is -2.58. The zero-order valence-electron chi connectivity index (χ0n) is 9.42. The summed E-state index contributed by atoms with van der Waals surface area (Å²) in [5.74, 6) is 0.0208. The lowest BCUT2D eigenvalue weighted by atomic mass is 10.0. The van der Waals surface area contributed by atoms with Gasteiger partial charge in [0.05, 0.1) is 5.92 Å². The number of rotatable bonds is 2. The van der Waals surface area contributed by atoms with Crippen molar-refractivity contribution in [3.63, 3.8) is 0 Å². The third-order valence-electron chi connectivity index (χ3n) is 3.23. The molecule has 2 aliphatic rings. The van der Waals surface area contributed by atoms with Crippen molar-refractivity contribution in [2.24, 2.45) is 5.92 Å². The van der Waals surface area contributed by atoms with Crippen molar-refractivity contribution in [1.29, 1.82) is 0 Å². The third-order valence-corrected chi connectivity index (χ3v) is 4.62. The van der Waals surface area contributed by atoms with Crippen LogP contribution < -0.4 is 5.32 Å². The van der Waals surface area contributed by atoms with Gasteiger partial charge in [0.25, 0.3) is 0 Å². The van der Waals surface area contributed by atoms with E-state index in [1.807, 2.05) is 0 Å². The van der Waals surface area contributed by atoms with Gasteiger partial charge < -0.3 is 15.3 Å². The maximum atomic E-state index is 11.7. The summed E-state index contributed by atoms with van der Waals surface area (Å²) in [5.41, 5.74) is 0. The van der Waals surface area contributed by atoms with E-state index in [-0.39, 0.29) is 12.1 Å². The molecule has 2 saturated heterocycles. The summed E-state index contributed by atoms with van der Waals surface area (Å²) in [6.07, 6.45) is 1.49. The topological polar surface area (TPSA) is 86.7 Å². The van der Waals surface area contributed by atoms with Crippen LogP contribution in [-0.4, -0.2) is 56.9 Å². The number of amides is 2. The number of carboxylic acids is 1. The maximum absolute atomic E-state index is 11.7. The molecule has 0 aromatic heterocycles. The van der Waals surface area contributed by atoms with Crippen LogP contribution in [0.4, 0.5) is 4.79 Å². The molecule has 96 valence electrons. The average molecular weight is 260 g/mol. The monoisotopic (exact) mass is 260 g/mol. The van der Waals surface area contributed by atoms with Crippen molar-refractivity contribution in [2.75, 3.05) is 24.6 Å². The number of hydrogen-bond acceptors (Lipinski definition) is 3. The van der Waals surface area contributed by atoms with E-state index < -0.39 is 22.7 Å². The second kappa shape index (κ2) is 5.03. The Morgan fingerprint density at radius 1 is 1.24 bits per heavy atom. The van der Waals surface area contributed by atoms with Gasteiger partial charge in [0.15, 0.2) is 0 Å². The van der Waals surface area contributed by atoms with Crippen LogP contribution in [-0.2, 0) is 15.6 Å². The van der Waals surface area contributed by atoms with Crippen LogP contribution in [0.2, 0.25) is 0 Å². The van der Waals surface area contributed by atoms with Crippen LogP contribution in [0.15, 0.2) is 0 Å². The maximum Gasteiger partial charge on any atom is 0.317 e. The van der Waals surface area contributed by atoms with Gasteiger partial charge in [-0.2, -0.15) is 0 Å². The minimum atomic E-state index is -0.845. The molecule has 0 aromatic rings. The first-order chi connectivity index (χ1) is 8.06. The summed E-state index contributed by atoms with van der Waals surface area (Å²) in [6.45, 7) is 0.583. The first-order valence-electron chi connectivity index (χ1n) is 5.69. The van der Waals surface area contributed by atoms with Crippen LogP contribution in [0.3, 0.4) is 0 Å². The highest BCUT2D eigenvalue weighted by Gasteiger charge is 2.36. The smallest absolute Gasteiger partial charge is 0.317 e. The summed E-state index contributed by atoms with van der Waals surface area (Å²) in [5, 5.41) is 11.6. The summed E-state index contributed by atoms with van der Waals surface area (Å²) in [4.78, 5) is 23.8. The predicted octanol–water partition coefficient (Wildman–Crippen LogP) is -0.377. The zero-order valence-corrected chi connectivity index (χ0v) is 10.2. The number of hydrogen-bond donors (Lipinski definition) is 2. The molecule has 0 aromatic carbocycles. The van der Waals surface area contributed by atoms with Crippen LogP contribution in [0.5, 0.6) is 0 Å². The Balaban J connectivity index is 1.72. The van der Waals surface area contributed by atoms with Gasteiger partial charge in [-0.3, -0.25) is 9.00 Å². The first-order valence-corrected chi connectivity index (χ1v) is 7.18. The van der Waals surface area contributed by atoms with E-state index in [0.717, 1.165) is 12.8 Å².